The van der Waals surface area contributed by atoms with Crippen molar-refractivity contribution in [3.05, 3.63) is 23.5 Å². The third kappa shape index (κ3) is 2.53. The Morgan fingerprint density at radius 1 is 1.21 bits per heavy atom. The van der Waals surface area contributed by atoms with E-state index in [9.17, 15) is 4.79 Å². The average molecular weight is 263 g/mol. The zero-order valence-electron chi connectivity index (χ0n) is 11.5. The highest BCUT2D eigenvalue weighted by Crippen LogP contribution is 2.19. The van der Waals surface area contributed by atoms with Gasteiger partial charge in [0.1, 0.15) is 0 Å². The van der Waals surface area contributed by atoms with Crippen molar-refractivity contribution in [1.29, 1.82) is 0 Å². The molecule has 2 aliphatic rings. The van der Waals surface area contributed by atoms with E-state index in [-0.39, 0.29) is 5.91 Å². The second-order valence-electron chi connectivity index (χ2n) is 5.28. The summed E-state index contributed by atoms with van der Waals surface area (Å²) < 4.78 is 7.40. The molecule has 0 saturated carbocycles. The zero-order chi connectivity index (χ0) is 13.2. The number of aryl methyl sites for hydroxylation is 1. The van der Waals surface area contributed by atoms with Gasteiger partial charge >= 0.3 is 0 Å². The predicted molar refractivity (Wildman–Crippen MR) is 72.3 cm³/mol. The number of rotatable bonds is 3. The number of carbonyl (C=O) groups is 1. The van der Waals surface area contributed by atoms with E-state index >= 15 is 0 Å². The molecule has 2 aliphatic heterocycles. The number of hydrogen-bond donors (Lipinski definition) is 0. The number of carbonyl (C=O) groups excluding carboxylic acids is 1. The Labute approximate surface area is 113 Å². The first kappa shape index (κ1) is 12.7. The number of ether oxygens (including phenoxy) is 1. The summed E-state index contributed by atoms with van der Waals surface area (Å²) in [6, 6.07) is 1.94. The van der Waals surface area contributed by atoms with Crippen molar-refractivity contribution in [3.8, 4) is 0 Å². The van der Waals surface area contributed by atoms with Crippen LogP contribution in [0.25, 0.3) is 0 Å². The van der Waals surface area contributed by atoms with Crippen LogP contribution in [-0.4, -0.2) is 66.2 Å². The average Bonchev–Trinajstić information content (AvgIpc) is 2.82. The molecule has 0 unspecified atom stereocenters. The molecule has 3 heterocycles. The molecular formula is C14H21N3O2. The lowest BCUT2D eigenvalue weighted by Gasteiger charge is -2.32. The minimum atomic E-state index is 0.190. The summed E-state index contributed by atoms with van der Waals surface area (Å²) in [7, 11) is 2.01. The molecule has 0 aliphatic carbocycles. The van der Waals surface area contributed by atoms with Crippen LogP contribution in [0, 0.1) is 0 Å². The molecule has 0 atom stereocenters. The van der Waals surface area contributed by atoms with Crippen molar-refractivity contribution < 1.29 is 9.53 Å². The van der Waals surface area contributed by atoms with Crippen molar-refractivity contribution in [3.63, 3.8) is 0 Å². The molecule has 1 aromatic heterocycles. The highest BCUT2D eigenvalue weighted by atomic mass is 16.5. The van der Waals surface area contributed by atoms with E-state index in [1.807, 2.05) is 24.2 Å². The van der Waals surface area contributed by atoms with Gasteiger partial charge in [-0.25, -0.2) is 0 Å². The monoisotopic (exact) mass is 263 g/mol. The number of amides is 1. The molecule has 104 valence electrons. The van der Waals surface area contributed by atoms with Gasteiger partial charge in [-0.2, -0.15) is 0 Å². The van der Waals surface area contributed by atoms with Crippen molar-refractivity contribution in [2.24, 2.45) is 7.05 Å². The molecule has 0 N–H and O–H groups in total. The smallest absolute Gasteiger partial charge is 0.255 e. The highest BCUT2D eigenvalue weighted by Gasteiger charge is 2.26. The van der Waals surface area contributed by atoms with Gasteiger partial charge in [0.25, 0.3) is 5.91 Å². The van der Waals surface area contributed by atoms with Crippen LogP contribution in [0.4, 0.5) is 0 Å². The lowest BCUT2D eigenvalue weighted by atomic mass is 10.1. The van der Waals surface area contributed by atoms with Gasteiger partial charge in [0.15, 0.2) is 0 Å². The third-order valence-electron chi connectivity index (χ3n) is 4.13. The van der Waals surface area contributed by atoms with E-state index in [1.54, 1.807) is 0 Å². The van der Waals surface area contributed by atoms with Crippen LogP contribution in [0.5, 0.6) is 0 Å². The van der Waals surface area contributed by atoms with Crippen molar-refractivity contribution in [2.75, 3.05) is 45.9 Å². The molecule has 0 bridgehead atoms. The van der Waals surface area contributed by atoms with Gasteiger partial charge in [-0.3, -0.25) is 9.69 Å². The topological polar surface area (TPSA) is 37.7 Å². The SMILES string of the molecule is Cn1ccc2c1CCN(CCN1CCOCC1)C2=O. The molecule has 5 heteroatoms. The van der Waals surface area contributed by atoms with Crippen LogP contribution in [0.3, 0.4) is 0 Å². The van der Waals surface area contributed by atoms with E-state index < -0.39 is 0 Å². The molecule has 0 aromatic carbocycles. The number of nitrogens with zero attached hydrogens (tertiary/aromatic N) is 3. The predicted octanol–water partition coefficient (Wildman–Crippen LogP) is 0.356. The second-order valence-corrected chi connectivity index (χ2v) is 5.28. The largest absolute Gasteiger partial charge is 0.379 e. The maximum Gasteiger partial charge on any atom is 0.255 e. The Balaban J connectivity index is 1.59. The Bertz CT molecular complexity index is 463. The van der Waals surface area contributed by atoms with Crippen LogP contribution < -0.4 is 0 Å². The maximum absolute atomic E-state index is 12.4. The van der Waals surface area contributed by atoms with Crippen molar-refractivity contribution >= 4 is 5.91 Å². The number of hydrogen-bond acceptors (Lipinski definition) is 3. The summed E-state index contributed by atoms with van der Waals surface area (Å²) in [5, 5.41) is 0. The zero-order valence-corrected chi connectivity index (χ0v) is 11.5. The second kappa shape index (κ2) is 5.35. The van der Waals surface area contributed by atoms with Crippen LogP contribution in [0.1, 0.15) is 16.1 Å². The first-order chi connectivity index (χ1) is 9.25. The van der Waals surface area contributed by atoms with Gasteiger partial charge < -0.3 is 14.2 Å². The lowest BCUT2D eigenvalue weighted by molar-refractivity contribution is 0.0322. The van der Waals surface area contributed by atoms with E-state index in [2.05, 4.69) is 9.47 Å². The fourth-order valence-corrected chi connectivity index (χ4v) is 2.88. The quantitative estimate of drug-likeness (QED) is 0.790. The molecule has 1 saturated heterocycles. The van der Waals surface area contributed by atoms with Gasteiger partial charge in [-0.15, -0.1) is 0 Å². The van der Waals surface area contributed by atoms with Crippen LogP contribution in [0.2, 0.25) is 0 Å². The molecule has 19 heavy (non-hydrogen) atoms. The van der Waals surface area contributed by atoms with Crippen LogP contribution in [0.15, 0.2) is 12.3 Å². The number of aromatic nitrogens is 1. The summed E-state index contributed by atoms with van der Waals surface area (Å²) in [5.41, 5.74) is 2.06. The summed E-state index contributed by atoms with van der Waals surface area (Å²) >= 11 is 0. The van der Waals surface area contributed by atoms with Gasteiger partial charge in [-0.1, -0.05) is 0 Å². The summed E-state index contributed by atoms with van der Waals surface area (Å²) in [5.74, 6) is 0.190. The Hall–Kier alpha value is -1.33. The fourth-order valence-electron chi connectivity index (χ4n) is 2.88. The van der Waals surface area contributed by atoms with Crippen molar-refractivity contribution in [1.82, 2.24) is 14.4 Å². The maximum atomic E-state index is 12.4. The minimum absolute atomic E-state index is 0.190. The molecule has 0 spiro atoms. The first-order valence-electron chi connectivity index (χ1n) is 6.99. The van der Waals surface area contributed by atoms with Crippen LogP contribution in [-0.2, 0) is 18.2 Å². The van der Waals surface area contributed by atoms with E-state index in [4.69, 9.17) is 4.74 Å². The first-order valence-corrected chi connectivity index (χ1v) is 6.99. The Morgan fingerprint density at radius 2 is 2.00 bits per heavy atom. The molecule has 1 fully saturated rings. The molecule has 1 aromatic rings. The summed E-state index contributed by atoms with van der Waals surface area (Å²) in [4.78, 5) is 16.7. The molecule has 3 rings (SSSR count). The third-order valence-corrected chi connectivity index (χ3v) is 4.13. The molecule has 5 nitrogen and oxygen atoms in total. The molecule has 0 radical (unpaired) electrons. The Morgan fingerprint density at radius 3 is 2.79 bits per heavy atom. The fraction of sp³-hybridized carbons (Fsp3) is 0.643. The van der Waals surface area contributed by atoms with Gasteiger partial charge in [0.05, 0.1) is 18.8 Å². The van der Waals surface area contributed by atoms with Gasteiger partial charge in [0.2, 0.25) is 0 Å². The van der Waals surface area contributed by atoms with Crippen molar-refractivity contribution in [2.45, 2.75) is 6.42 Å². The lowest BCUT2D eigenvalue weighted by Crippen LogP contribution is -2.45. The standard InChI is InChI=1S/C14H21N3O2/c1-15-4-2-12-13(15)3-5-17(14(12)18)7-6-16-8-10-19-11-9-16/h2,4H,3,5-11H2,1H3. The molecular weight excluding hydrogens is 242 g/mol. The summed E-state index contributed by atoms with van der Waals surface area (Å²) in [6.07, 6.45) is 2.95. The summed E-state index contributed by atoms with van der Waals surface area (Å²) in [6.45, 7) is 6.23. The number of morpholine rings is 1. The normalized spacial score (nSPS) is 20.7. The van der Waals surface area contributed by atoms with E-state index in [0.29, 0.717) is 0 Å². The van der Waals surface area contributed by atoms with E-state index in [1.165, 1.54) is 5.69 Å². The van der Waals surface area contributed by atoms with Gasteiger partial charge in [-0.05, 0) is 6.07 Å². The van der Waals surface area contributed by atoms with Crippen LogP contribution >= 0.6 is 0 Å². The highest BCUT2D eigenvalue weighted by molar-refractivity contribution is 5.96. The number of fused-ring (bicyclic) bond motifs is 1. The van der Waals surface area contributed by atoms with E-state index in [0.717, 1.165) is 57.9 Å². The Kier molecular flexibility index (Phi) is 3.57. The van der Waals surface area contributed by atoms with Gasteiger partial charge in [0, 0.05) is 58.1 Å². The minimum Gasteiger partial charge on any atom is -0.379 e. The molecule has 1 amide bonds.